The highest BCUT2D eigenvalue weighted by Gasteiger charge is 2.52. The van der Waals surface area contributed by atoms with Crippen LogP contribution in [0.5, 0.6) is 0 Å². The molecule has 0 radical (unpaired) electrons. The van der Waals surface area contributed by atoms with Crippen molar-refractivity contribution in [3.8, 4) is 0 Å². The summed E-state index contributed by atoms with van der Waals surface area (Å²) < 4.78 is 2.59. The maximum absolute atomic E-state index is 4.72. The average molecular weight is 266 g/mol. The fourth-order valence-electron chi connectivity index (χ4n) is 5.94. The molecule has 0 saturated heterocycles. The van der Waals surface area contributed by atoms with Crippen LogP contribution in [0.3, 0.4) is 0 Å². The standard InChI is InChI=1S/C18H22N2/c1-12-11-20(17-16(12)3-2-4-19-17)18-8-13-5-14(9-18)7-15(6-13)10-18/h2-4,11,13-15H,5-10H2,1H3. The van der Waals surface area contributed by atoms with Crippen LogP contribution >= 0.6 is 0 Å². The zero-order chi connectivity index (χ0) is 13.3. The van der Waals surface area contributed by atoms with Crippen molar-refractivity contribution in [1.29, 1.82) is 0 Å². The summed E-state index contributed by atoms with van der Waals surface area (Å²) in [6, 6.07) is 4.30. The Morgan fingerprint density at radius 1 is 1.10 bits per heavy atom. The molecule has 4 aliphatic rings. The number of hydrogen-bond acceptors (Lipinski definition) is 1. The maximum Gasteiger partial charge on any atom is 0.140 e. The van der Waals surface area contributed by atoms with Gasteiger partial charge < -0.3 is 4.57 Å². The third-order valence-corrected chi connectivity index (χ3v) is 6.28. The van der Waals surface area contributed by atoms with Gasteiger partial charge in [-0.05, 0) is 80.9 Å². The van der Waals surface area contributed by atoms with Crippen molar-refractivity contribution in [2.75, 3.05) is 0 Å². The van der Waals surface area contributed by atoms with Gasteiger partial charge in [0.15, 0.2) is 0 Å². The molecular formula is C18H22N2. The summed E-state index contributed by atoms with van der Waals surface area (Å²) >= 11 is 0. The monoisotopic (exact) mass is 266 g/mol. The molecule has 0 spiro atoms. The molecule has 0 aromatic carbocycles. The lowest BCUT2D eigenvalue weighted by atomic mass is 9.53. The van der Waals surface area contributed by atoms with E-state index in [1.165, 1.54) is 55.1 Å². The van der Waals surface area contributed by atoms with Crippen LogP contribution < -0.4 is 0 Å². The van der Waals surface area contributed by atoms with Crippen LogP contribution in [0.2, 0.25) is 0 Å². The van der Waals surface area contributed by atoms with Gasteiger partial charge in [0.1, 0.15) is 5.65 Å². The molecule has 4 aliphatic carbocycles. The van der Waals surface area contributed by atoms with E-state index in [0.29, 0.717) is 5.54 Å². The summed E-state index contributed by atoms with van der Waals surface area (Å²) in [7, 11) is 0. The van der Waals surface area contributed by atoms with Gasteiger partial charge in [-0.25, -0.2) is 4.98 Å². The molecule has 0 atom stereocenters. The zero-order valence-electron chi connectivity index (χ0n) is 12.2. The number of hydrogen-bond donors (Lipinski definition) is 0. The quantitative estimate of drug-likeness (QED) is 0.753. The molecule has 0 N–H and O–H groups in total. The molecule has 2 heteroatoms. The SMILES string of the molecule is Cc1cn(C23CC4CC(CC(C4)C2)C3)c2ncccc12. The van der Waals surface area contributed by atoms with Crippen LogP contribution in [0.1, 0.15) is 44.1 Å². The fraction of sp³-hybridized carbons (Fsp3) is 0.611. The second-order valence-corrected chi connectivity index (χ2v) is 7.70. The van der Waals surface area contributed by atoms with Crippen LogP contribution in [0.15, 0.2) is 24.5 Å². The number of aryl methyl sites for hydroxylation is 1. The normalized spacial score (nSPS) is 38.8. The predicted octanol–water partition coefficient (Wildman–Crippen LogP) is 4.27. The molecule has 2 heterocycles. The minimum Gasteiger partial charge on any atom is -0.326 e. The molecule has 2 aromatic heterocycles. The largest absolute Gasteiger partial charge is 0.326 e. The fourth-order valence-corrected chi connectivity index (χ4v) is 5.94. The van der Waals surface area contributed by atoms with E-state index in [2.05, 4.69) is 29.8 Å². The minimum absolute atomic E-state index is 0.398. The Morgan fingerprint density at radius 2 is 1.75 bits per heavy atom. The molecule has 0 amide bonds. The average Bonchev–Trinajstić information content (AvgIpc) is 2.76. The van der Waals surface area contributed by atoms with Gasteiger partial charge in [0.05, 0.1) is 0 Å². The maximum atomic E-state index is 4.72. The first-order valence-electron chi connectivity index (χ1n) is 8.17. The van der Waals surface area contributed by atoms with E-state index in [4.69, 9.17) is 4.98 Å². The van der Waals surface area contributed by atoms with E-state index in [1.54, 1.807) is 0 Å². The van der Waals surface area contributed by atoms with Gasteiger partial charge in [0.2, 0.25) is 0 Å². The first-order chi connectivity index (χ1) is 9.73. The molecule has 4 bridgehead atoms. The number of fused-ring (bicyclic) bond motifs is 1. The van der Waals surface area contributed by atoms with Gasteiger partial charge in [0, 0.05) is 23.3 Å². The summed E-state index contributed by atoms with van der Waals surface area (Å²) in [6.45, 7) is 2.24. The van der Waals surface area contributed by atoms with Crippen molar-refractivity contribution < 1.29 is 0 Å². The third kappa shape index (κ3) is 1.37. The van der Waals surface area contributed by atoms with Crippen molar-refractivity contribution >= 4 is 11.0 Å². The summed E-state index contributed by atoms with van der Waals surface area (Å²) in [5.74, 6) is 2.97. The smallest absolute Gasteiger partial charge is 0.140 e. The number of aromatic nitrogens is 2. The molecule has 2 aromatic rings. The van der Waals surface area contributed by atoms with Gasteiger partial charge in [-0.2, -0.15) is 0 Å². The second-order valence-electron chi connectivity index (χ2n) is 7.70. The molecule has 20 heavy (non-hydrogen) atoms. The lowest BCUT2D eigenvalue weighted by Gasteiger charge is -2.57. The van der Waals surface area contributed by atoms with Crippen LogP contribution in [-0.2, 0) is 5.54 Å². The van der Waals surface area contributed by atoms with Crippen molar-refractivity contribution in [3.63, 3.8) is 0 Å². The minimum atomic E-state index is 0.398. The van der Waals surface area contributed by atoms with Crippen LogP contribution in [-0.4, -0.2) is 9.55 Å². The Kier molecular flexibility index (Phi) is 2.08. The van der Waals surface area contributed by atoms with Gasteiger partial charge in [-0.3, -0.25) is 0 Å². The molecule has 0 unspecified atom stereocenters. The summed E-state index contributed by atoms with van der Waals surface area (Å²) in [5, 5.41) is 1.35. The Morgan fingerprint density at radius 3 is 2.40 bits per heavy atom. The number of pyridine rings is 1. The first-order valence-corrected chi connectivity index (χ1v) is 8.17. The highest BCUT2D eigenvalue weighted by molar-refractivity contribution is 5.80. The number of rotatable bonds is 1. The Balaban J connectivity index is 1.71. The van der Waals surface area contributed by atoms with E-state index in [0.717, 1.165) is 17.8 Å². The third-order valence-electron chi connectivity index (χ3n) is 6.28. The van der Waals surface area contributed by atoms with Crippen molar-refractivity contribution in [2.45, 2.75) is 51.0 Å². The molecule has 0 aliphatic heterocycles. The van der Waals surface area contributed by atoms with E-state index in [9.17, 15) is 0 Å². The van der Waals surface area contributed by atoms with Crippen molar-refractivity contribution in [2.24, 2.45) is 17.8 Å². The lowest BCUT2D eigenvalue weighted by Crippen LogP contribution is -2.51. The van der Waals surface area contributed by atoms with Crippen LogP contribution in [0.25, 0.3) is 11.0 Å². The van der Waals surface area contributed by atoms with Crippen molar-refractivity contribution in [3.05, 3.63) is 30.1 Å². The molecule has 6 rings (SSSR count). The highest BCUT2D eigenvalue weighted by atomic mass is 15.1. The van der Waals surface area contributed by atoms with E-state index in [-0.39, 0.29) is 0 Å². The molecular weight excluding hydrogens is 244 g/mol. The topological polar surface area (TPSA) is 17.8 Å². The molecule has 4 saturated carbocycles. The van der Waals surface area contributed by atoms with E-state index < -0.39 is 0 Å². The molecule has 2 nitrogen and oxygen atoms in total. The van der Waals surface area contributed by atoms with Crippen LogP contribution in [0.4, 0.5) is 0 Å². The lowest BCUT2D eigenvalue weighted by molar-refractivity contribution is -0.0410. The predicted molar refractivity (Wildman–Crippen MR) is 80.6 cm³/mol. The summed E-state index contributed by atoms with van der Waals surface area (Å²) in [6.07, 6.45) is 13.1. The van der Waals surface area contributed by atoms with Gasteiger partial charge in [-0.1, -0.05) is 0 Å². The van der Waals surface area contributed by atoms with E-state index >= 15 is 0 Å². The van der Waals surface area contributed by atoms with Crippen LogP contribution in [0, 0.1) is 24.7 Å². The number of nitrogens with zero attached hydrogens (tertiary/aromatic N) is 2. The van der Waals surface area contributed by atoms with E-state index in [1.807, 2.05) is 6.20 Å². The second kappa shape index (κ2) is 3.66. The first kappa shape index (κ1) is 11.4. The zero-order valence-corrected chi connectivity index (χ0v) is 12.2. The molecule has 104 valence electrons. The Hall–Kier alpha value is -1.31. The molecule has 4 fully saturated rings. The van der Waals surface area contributed by atoms with Gasteiger partial charge in [0.25, 0.3) is 0 Å². The summed E-state index contributed by atoms with van der Waals surface area (Å²) in [5.41, 5.74) is 3.02. The van der Waals surface area contributed by atoms with Gasteiger partial charge in [-0.15, -0.1) is 0 Å². The Bertz CT molecular complexity index is 646. The Labute approximate surface area is 120 Å². The van der Waals surface area contributed by atoms with Gasteiger partial charge >= 0.3 is 0 Å². The summed E-state index contributed by atoms with van der Waals surface area (Å²) in [4.78, 5) is 4.72. The highest BCUT2D eigenvalue weighted by Crippen LogP contribution is 2.59. The van der Waals surface area contributed by atoms with Crippen molar-refractivity contribution in [1.82, 2.24) is 9.55 Å².